The predicted molar refractivity (Wildman–Crippen MR) is 256 cm³/mol. The fourth-order valence-corrected chi connectivity index (χ4v) is 8.33. The number of ketones is 1. The van der Waals surface area contributed by atoms with Gasteiger partial charge >= 0.3 is 17.9 Å². The van der Waals surface area contributed by atoms with Crippen molar-refractivity contribution in [3.05, 3.63) is 60.9 Å². The first-order valence-electron chi connectivity index (χ1n) is 23.8. The van der Waals surface area contributed by atoms with E-state index in [0.29, 0.717) is 37.1 Å². The summed E-state index contributed by atoms with van der Waals surface area (Å²) in [4.78, 5) is 78.7. The van der Waals surface area contributed by atoms with Crippen LogP contribution in [0.5, 0.6) is 0 Å². The van der Waals surface area contributed by atoms with Crippen molar-refractivity contribution < 1.29 is 75.5 Å². The first-order valence-corrected chi connectivity index (χ1v) is 23.8. The number of aromatic nitrogens is 3. The zero-order chi connectivity index (χ0) is 52.4. The molecule has 3 aromatic heterocycles. The van der Waals surface area contributed by atoms with Gasteiger partial charge in [0.15, 0.2) is 23.3 Å². The fraction of sp³-hybridized carbons (Fsp3) is 0.608. The predicted octanol–water partition coefficient (Wildman–Crippen LogP) is 7.13. The maximum Gasteiger partial charge on any atom is 0.335 e. The maximum atomic E-state index is 13.7. The van der Waals surface area contributed by atoms with Crippen molar-refractivity contribution in [3.8, 4) is 23.2 Å². The van der Waals surface area contributed by atoms with Crippen LogP contribution in [-0.4, -0.2) is 133 Å². The van der Waals surface area contributed by atoms with Crippen LogP contribution in [0.4, 0.5) is 0 Å². The van der Waals surface area contributed by atoms with Gasteiger partial charge in [-0.25, -0.2) is 19.7 Å². The van der Waals surface area contributed by atoms with Gasteiger partial charge in [-0.1, -0.05) is 52.8 Å². The second-order valence-corrected chi connectivity index (χ2v) is 18.2. The van der Waals surface area contributed by atoms with Crippen molar-refractivity contribution in [2.45, 2.75) is 136 Å². The lowest BCUT2D eigenvalue weighted by Gasteiger charge is -2.35. The minimum Gasteiger partial charge on any atom is -0.462 e. The summed E-state index contributed by atoms with van der Waals surface area (Å²) in [5, 5.41) is 11.0. The topological polar surface area (TPSA) is 252 Å². The number of amides is 1. The molecule has 13 atom stereocenters. The number of allylic oxidation sites excluding steroid dienone is 1. The molecule has 0 aromatic carbocycles. The van der Waals surface area contributed by atoms with Crippen molar-refractivity contribution in [1.29, 1.82) is 0 Å². The maximum absolute atomic E-state index is 13.7. The molecule has 1 N–H and O–H groups in total. The summed E-state index contributed by atoms with van der Waals surface area (Å²) in [5.74, 6) is -3.77. The zero-order valence-corrected chi connectivity index (χ0v) is 42.9. The van der Waals surface area contributed by atoms with Crippen LogP contribution in [0.2, 0.25) is 0 Å². The number of cyclic esters (lactones) is 1. The first kappa shape index (κ1) is 57.8. The van der Waals surface area contributed by atoms with E-state index in [1.54, 1.807) is 53.5 Å². The van der Waals surface area contributed by atoms with E-state index in [1.165, 1.54) is 57.0 Å². The number of hydrogen-bond donors (Lipinski definition) is 1. The van der Waals surface area contributed by atoms with Gasteiger partial charge in [-0.3, -0.25) is 19.2 Å². The molecule has 4 rings (SSSR count). The second kappa shape index (κ2) is 28.3. The van der Waals surface area contributed by atoms with Gasteiger partial charge in [-0.05, 0) is 50.7 Å². The summed E-state index contributed by atoms with van der Waals surface area (Å²) in [6, 6.07) is 0. The summed E-state index contributed by atoms with van der Waals surface area (Å²) >= 11 is 0. The molecule has 0 saturated carbocycles. The number of esters is 3. The van der Waals surface area contributed by atoms with Crippen molar-refractivity contribution >= 4 is 36.2 Å². The molecule has 4 heterocycles. The Bertz CT molecular complexity index is 2250. The van der Waals surface area contributed by atoms with E-state index in [2.05, 4.69) is 15.0 Å². The number of hydrogen-bond acceptors (Lipinski definition) is 19. The highest BCUT2D eigenvalue weighted by Gasteiger charge is 2.37. The quantitative estimate of drug-likeness (QED) is 0.0712. The third-order valence-electron chi connectivity index (χ3n) is 12.9. The molecule has 0 spiro atoms. The van der Waals surface area contributed by atoms with Crippen LogP contribution in [0.25, 0.3) is 29.2 Å². The molecule has 20 heteroatoms. The van der Waals surface area contributed by atoms with Crippen molar-refractivity contribution in [2.24, 2.45) is 29.6 Å². The summed E-state index contributed by atoms with van der Waals surface area (Å²) in [6.07, 6.45) is 9.31. The fourth-order valence-electron chi connectivity index (χ4n) is 8.33. The average molecular weight is 997 g/mol. The molecule has 392 valence electrons. The molecule has 0 saturated heterocycles. The number of carbonyl (C=O) groups is 5. The van der Waals surface area contributed by atoms with Crippen LogP contribution in [0, 0.1) is 29.6 Å². The molecule has 0 fully saturated rings. The number of ether oxygens (including phenoxy) is 7. The number of nitrogens with zero attached hydrogens (tertiary/aromatic N) is 4. The highest BCUT2D eigenvalue weighted by Crippen LogP contribution is 2.33. The van der Waals surface area contributed by atoms with Gasteiger partial charge in [-0.2, -0.15) is 0 Å². The lowest BCUT2D eigenvalue weighted by Crippen LogP contribution is -2.41. The SMILES string of the molecule is CO[C@@H](C)C(=O)O[C@H](CC[C@H](C)[C@H](C[C@@H]1OC(=O)C[C@H](O)CC=CC(=O)[C@H](C)[C@H](OC)c2coc(n2)-c2coc(n2)-c2coc(n2)C=CC[C@H](OC)[C@@H]1C)OC)[C@H](C)[C@H](OC(C)=O)[C@@H](C)C=CN(C)C=O. The monoisotopic (exact) mass is 996 g/mol. The molecule has 0 aliphatic carbocycles. The summed E-state index contributed by atoms with van der Waals surface area (Å²) in [5.41, 5.74) is 0.960. The highest BCUT2D eigenvalue weighted by atomic mass is 16.6. The molecule has 0 unspecified atom stereocenters. The highest BCUT2D eigenvalue weighted by molar-refractivity contribution is 5.92. The lowest BCUT2D eigenvalue weighted by atomic mass is 9.83. The first-order chi connectivity index (χ1) is 33.8. The van der Waals surface area contributed by atoms with Gasteiger partial charge in [0.1, 0.15) is 48.9 Å². The summed E-state index contributed by atoms with van der Waals surface area (Å²) in [6.45, 7) is 12.1. The Balaban J connectivity index is 1.61. The van der Waals surface area contributed by atoms with Crippen LogP contribution in [0.1, 0.15) is 105 Å². The van der Waals surface area contributed by atoms with Crippen molar-refractivity contribution in [1.82, 2.24) is 19.9 Å². The number of fused-ring (bicyclic) bond motifs is 8. The Morgan fingerprint density at radius 1 is 0.859 bits per heavy atom. The Morgan fingerprint density at radius 2 is 1.54 bits per heavy atom. The minimum absolute atomic E-state index is 0.0177. The van der Waals surface area contributed by atoms with Gasteiger partial charge < -0.3 is 56.4 Å². The second-order valence-electron chi connectivity index (χ2n) is 18.2. The Labute approximate surface area is 415 Å². The van der Waals surface area contributed by atoms with E-state index in [4.69, 9.17) is 46.4 Å². The molecular weight excluding hydrogens is 925 g/mol. The van der Waals surface area contributed by atoms with E-state index in [-0.39, 0.29) is 60.2 Å². The number of aliphatic hydroxyl groups excluding tert-OH is 1. The van der Waals surface area contributed by atoms with Gasteiger partial charge in [0, 0.05) is 72.8 Å². The Kier molecular flexibility index (Phi) is 23.0. The van der Waals surface area contributed by atoms with Gasteiger partial charge in [0.25, 0.3) is 0 Å². The molecule has 6 bridgehead atoms. The molecule has 1 aliphatic rings. The van der Waals surface area contributed by atoms with Crippen molar-refractivity contribution in [2.75, 3.05) is 35.5 Å². The number of carbonyl (C=O) groups excluding carboxylic acids is 5. The Hall–Kier alpha value is -5.80. The van der Waals surface area contributed by atoms with Gasteiger partial charge in [0.05, 0.1) is 30.7 Å². The third-order valence-corrected chi connectivity index (χ3v) is 12.9. The smallest absolute Gasteiger partial charge is 0.335 e. The normalized spacial score (nSPS) is 23.6. The van der Waals surface area contributed by atoms with E-state index < -0.39 is 84.5 Å². The minimum atomic E-state index is -1.18. The van der Waals surface area contributed by atoms with E-state index in [9.17, 15) is 29.1 Å². The molecule has 1 amide bonds. The average Bonchev–Trinajstić information content (AvgIpc) is 4.15. The van der Waals surface area contributed by atoms with Crippen LogP contribution in [0.15, 0.2) is 62.5 Å². The molecule has 20 nitrogen and oxygen atoms in total. The Morgan fingerprint density at radius 3 is 2.20 bits per heavy atom. The summed E-state index contributed by atoms with van der Waals surface area (Å²) < 4.78 is 58.1. The number of oxazole rings is 3. The standard InChI is InChI=1S/C51H72N4O16/c1-29(19-20-42(71-51(61)34(6)62-9)33(5)47(69-35(7)57)30(2)21-22-55(8)28-56)43(64-11)24-44-32(4)41(63-10)17-14-18-45-52-38(26-66-45)49-54-39(27-68-49)50-53-37(25-67-50)48(65-12)31(3)40(59)16-13-15-36(58)23-46(60)70-44/h13-14,16,18,21-22,25-34,36,41-44,47-48,58H,15,17,19-20,23-24H2,1-12H3/t29-,30-,31-,32-,33-,34-,36+,41-,42+,43-,44-,47+,48-/m0/s1. The van der Waals surface area contributed by atoms with Crippen LogP contribution in [-0.2, 0) is 57.1 Å². The molecule has 71 heavy (non-hydrogen) atoms. The van der Waals surface area contributed by atoms with Crippen LogP contribution >= 0.6 is 0 Å². The van der Waals surface area contributed by atoms with Gasteiger partial charge in [0.2, 0.25) is 24.1 Å². The van der Waals surface area contributed by atoms with E-state index in [0.717, 1.165) is 0 Å². The zero-order valence-electron chi connectivity index (χ0n) is 42.9. The van der Waals surface area contributed by atoms with E-state index >= 15 is 0 Å². The number of aliphatic hydroxyl groups is 1. The molecule has 1 aliphatic heterocycles. The van der Waals surface area contributed by atoms with Crippen LogP contribution in [0.3, 0.4) is 0 Å². The van der Waals surface area contributed by atoms with Crippen LogP contribution < -0.4 is 0 Å². The largest absolute Gasteiger partial charge is 0.462 e. The third kappa shape index (κ3) is 16.9. The number of rotatable bonds is 19. The lowest BCUT2D eigenvalue weighted by molar-refractivity contribution is -0.170. The molecular formula is C51H72N4O16. The molecule has 0 radical (unpaired) electrons. The van der Waals surface area contributed by atoms with E-state index in [1.807, 2.05) is 33.8 Å². The van der Waals surface area contributed by atoms with Gasteiger partial charge in [-0.15, -0.1) is 0 Å². The number of methoxy groups -OCH3 is 4. The summed E-state index contributed by atoms with van der Waals surface area (Å²) in [7, 11) is 7.56. The van der Waals surface area contributed by atoms with Crippen molar-refractivity contribution in [3.63, 3.8) is 0 Å². The molecule has 3 aromatic rings.